The van der Waals surface area contributed by atoms with E-state index >= 15 is 0 Å². The zero-order valence-corrected chi connectivity index (χ0v) is 68.2. The van der Waals surface area contributed by atoms with Crippen molar-refractivity contribution >= 4 is 74.8 Å². The van der Waals surface area contributed by atoms with Crippen molar-refractivity contribution in [3.05, 3.63) is 228 Å². The van der Waals surface area contributed by atoms with E-state index in [1.165, 1.54) is 190 Å². The zero-order chi connectivity index (χ0) is 73.6. The van der Waals surface area contributed by atoms with Crippen LogP contribution in [0.2, 0.25) is 18.1 Å². The van der Waals surface area contributed by atoms with Gasteiger partial charge in [0, 0.05) is 57.4 Å². The largest absolute Gasteiger partial charge is 0.496 e. The van der Waals surface area contributed by atoms with Crippen molar-refractivity contribution in [1.82, 2.24) is 0 Å². The molecule has 5 aromatic carbocycles. The van der Waals surface area contributed by atoms with E-state index in [9.17, 15) is 15.8 Å². The van der Waals surface area contributed by atoms with Gasteiger partial charge in [-0.3, -0.25) is 0 Å². The number of nitrogens with zero attached hydrogens (tertiary/aromatic N) is 4. The standard InChI is InChI=1S/C92H106N4O3S4Si/c1-14-18-22-26-30-62-34-42-67(43-35-62)91(68-44-36-63(37-45-68)31-27-23-19-15-2)76-57-72(51-53-75-74(61-95)82(66(59-93)60-94)99-90(75,8)9)100-83(76)85-80(91)87-88(102-85)81-86(103-87)84-77(58-79(101-84)73-52-50-71(56-78(73)97-11)96(10)54-55-98-104(12,13)89(5,6)7)92(81,69-46-38-64(39-47-69)32-28-24-20-16-3)70-48-40-65(41-49-70)33-29-25-21-17-4/h34-53,56-58H,14-33,54-55H2,1-13H3/b53-51+. The second-order valence-corrected chi connectivity index (χ2v) is 40.2. The van der Waals surface area contributed by atoms with Gasteiger partial charge in [-0.2, -0.15) is 15.8 Å². The maximum Gasteiger partial charge on any atom is 0.192 e. The Morgan fingerprint density at radius 2 is 0.971 bits per heavy atom. The number of nitriles is 3. The van der Waals surface area contributed by atoms with E-state index in [1.54, 1.807) is 0 Å². The van der Waals surface area contributed by atoms with Gasteiger partial charge in [-0.25, -0.2) is 0 Å². The van der Waals surface area contributed by atoms with Crippen molar-refractivity contribution in [1.29, 1.82) is 15.8 Å². The molecule has 12 heteroatoms. The van der Waals surface area contributed by atoms with Crippen molar-refractivity contribution in [2.75, 3.05) is 32.2 Å². The summed E-state index contributed by atoms with van der Waals surface area (Å²) in [5.41, 5.74) is 16.3. The number of aryl methyl sites for hydroxylation is 4. The van der Waals surface area contributed by atoms with Crippen LogP contribution in [0, 0.1) is 34.0 Å². The number of rotatable bonds is 33. The molecule has 3 aliphatic rings. The molecule has 104 heavy (non-hydrogen) atoms. The van der Waals surface area contributed by atoms with Crippen LogP contribution >= 0.6 is 45.3 Å². The molecule has 540 valence electrons. The number of likely N-dealkylation sites (N-methyl/N-ethyl adjacent to an activating group) is 1. The molecule has 5 heterocycles. The molecule has 0 fully saturated rings. The third-order valence-electron chi connectivity index (χ3n) is 22.9. The van der Waals surface area contributed by atoms with Crippen LogP contribution in [-0.2, 0) is 45.7 Å². The predicted molar refractivity (Wildman–Crippen MR) is 445 cm³/mol. The van der Waals surface area contributed by atoms with Crippen LogP contribution in [0.25, 0.3) is 45.4 Å². The van der Waals surface area contributed by atoms with Gasteiger partial charge in [-0.1, -0.05) is 229 Å². The molecule has 0 saturated carbocycles. The highest BCUT2D eigenvalue weighted by Crippen LogP contribution is 2.71. The summed E-state index contributed by atoms with van der Waals surface area (Å²) in [7, 11) is 2.06. The maximum absolute atomic E-state index is 10.7. The summed E-state index contributed by atoms with van der Waals surface area (Å²) in [5, 5.41) is 30.9. The van der Waals surface area contributed by atoms with E-state index in [0.717, 1.165) is 66.9 Å². The van der Waals surface area contributed by atoms with Gasteiger partial charge in [0.15, 0.2) is 19.6 Å². The second-order valence-electron chi connectivity index (χ2n) is 31.2. The monoisotopic (exact) mass is 1470 g/mol. The van der Waals surface area contributed by atoms with Crippen molar-refractivity contribution < 1.29 is 13.9 Å². The number of hydrogen-bond acceptors (Lipinski definition) is 11. The van der Waals surface area contributed by atoms with E-state index in [1.807, 2.05) is 84.5 Å². The summed E-state index contributed by atoms with van der Waals surface area (Å²) in [4.78, 5) is 9.76. The van der Waals surface area contributed by atoms with Crippen molar-refractivity contribution in [2.45, 2.75) is 225 Å². The van der Waals surface area contributed by atoms with Gasteiger partial charge in [0.2, 0.25) is 0 Å². The highest BCUT2D eigenvalue weighted by atomic mass is 32.1. The maximum atomic E-state index is 10.7. The molecule has 0 bridgehead atoms. The summed E-state index contributed by atoms with van der Waals surface area (Å²) in [6, 6.07) is 57.3. The molecule has 0 radical (unpaired) electrons. The summed E-state index contributed by atoms with van der Waals surface area (Å²) >= 11 is 7.74. The van der Waals surface area contributed by atoms with Gasteiger partial charge in [-0.05, 0) is 169 Å². The van der Waals surface area contributed by atoms with Crippen LogP contribution in [0.4, 0.5) is 5.69 Å². The van der Waals surface area contributed by atoms with Gasteiger partial charge in [0.05, 0.1) is 53.5 Å². The number of allylic oxidation sites excluding steroid dienone is 2. The van der Waals surface area contributed by atoms with Gasteiger partial charge in [-0.15, -0.1) is 45.3 Å². The Morgan fingerprint density at radius 1 is 0.538 bits per heavy atom. The van der Waals surface area contributed by atoms with E-state index in [4.69, 9.17) is 13.9 Å². The molecule has 0 atom stereocenters. The lowest BCUT2D eigenvalue weighted by Crippen LogP contribution is -2.42. The lowest BCUT2D eigenvalue weighted by atomic mass is 9.67. The summed E-state index contributed by atoms with van der Waals surface area (Å²) in [6.45, 7) is 26.0. The minimum absolute atomic E-state index is 0.0443. The molecule has 2 aliphatic carbocycles. The number of thiophene rings is 4. The Bertz CT molecular complexity index is 4630. The lowest BCUT2D eigenvalue weighted by molar-refractivity contribution is 0.0954. The molecule has 12 rings (SSSR count). The van der Waals surface area contributed by atoms with Crippen molar-refractivity contribution in [2.24, 2.45) is 0 Å². The Labute approximate surface area is 638 Å². The molecule has 0 unspecified atom stereocenters. The number of fused-ring (bicyclic) bond motifs is 9. The number of anilines is 1. The number of benzene rings is 5. The van der Waals surface area contributed by atoms with Crippen LogP contribution in [-0.4, -0.2) is 41.2 Å². The quantitative estimate of drug-likeness (QED) is 0.0229. The third-order valence-corrected chi connectivity index (χ3v) is 32.5. The highest BCUT2D eigenvalue weighted by Gasteiger charge is 2.55. The normalized spacial score (nSPS) is 14.7. The SMILES string of the molecule is CCCCCCc1ccc(C2(c3ccc(CCCCCC)cc3)c3cc(/C=C/C4=C(C#N)C(=C(C#N)C#N)OC4(C)C)sc3-c3sc4c5c(sc4c32)-c2sc(-c3ccc(N(C)CCO[Si](C)(C)C(C)(C)C)cc3OC)cc2C5(c2ccc(CCCCCC)cc2)c2ccc(CCCCCC)cc2)cc1. The first-order chi connectivity index (χ1) is 50.3. The molecule has 4 aromatic heterocycles. The van der Waals surface area contributed by atoms with Crippen LogP contribution in [0.1, 0.15) is 237 Å². The van der Waals surface area contributed by atoms with Crippen LogP contribution in [0.15, 0.2) is 156 Å². The highest BCUT2D eigenvalue weighted by molar-refractivity contribution is 7.35. The fourth-order valence-corrected chi connectivity index (χ4v) is 22.7. The van der Waals surface area contributed by atoms with Gasteiger partial charge < -0.3 is 18.8 Å². The molecular formula is C92H106N4O3S4Si. The Kier molecular flexibility index (Phi) is 23.9. The van der Waals surface area contributed by atoms with Gasteiger partial charge >= 0.3 is 0 Å². The molecule has 0 spiro atoms. The molecule has 0 amide bonds. The first kappa shape index (κ1) is 76.1. The van der Waals surface area contributed by atoms with Gasteiger partial charge in [0.1, 0.15) is 35.1 Å². The topological polar surface area (TPSA) is 102 Å². The molecule has 7 nitrogen and oxygen atoms in total. The fourth-order valence-electron chi connectivity index (χ4n) is 15.9. The average molecular weight is 1470 g/mol. The smallest absolute Gasteiger partial charge is 0.192 e. The van der Waals surface area contributed by atoms with E-state index in [0.29, 0.717) is 12.2 Å². The fraction of sp³-hybridized carbons (Fsp3) is 0.424. The van der Waals surface area contributed by atoms with Gasteiger partial charge in [0.25, 0.3) is 0 Å². The van der Waals surface area contributed by atoms with E-state index in [-0.39, 0.29) is 21.9 Å². The Morgan fingerprint density at radius 3 is 1.38 bits per heavy atom. The molecular weight excluding hydrogens is 1370 g/mol. The first-order valence-corrected chi connectivity index (χ1v) is 44.8. The number of hydrogen-bond donors (Lipinski definition) is 0. The number of unbranched alkanes of at least 4 members (excludes halogenated alkanes) is 12. The number of methoxy groups -OCH3 is 1. The second kappa shape index (κ2) is 32.7. The van der Waals surface area contributed by atoms with Crippen LogP contribution in [0.5, 0.6) is 5.75 Å². The zero-order valence-electron chi connectivity index (χ0n) is 64.0. The summed E-state index contributed by atoms with van der Waals surface area (Å²) in [6.07, 6.45) is 27.7. The first-order valence-electron chi connectivity index (χ1n) is 38.6. The minimum Gasteiger partial charge on any atom is -0.496 e. The summed E-state index contributed by atoms with van der Waals surface area (Å²) < 4.78 is 22.2. The average Bonchev–Trinajstić information content (AvgIpc) is 1.49. The third kappa shape index (κ3) is 14.6. The Hall–Kier alpha value is -7.57. The predicted octanol–water partition coefficient (Wildman–Crippen LogP) is 26.4. The minimum atomic E-state index is -1.93. The van der Waals surface area contributed by atoms with Crippen LogP contribution < -0.4 is 9.64 Å². The number of ether oxygens (including phenoxy) is 2. The molecule has 9 aromatic rings. The molecule has 0 saturated heterocycles. The summed E-state index contributed by atoms with van der Waals surface area (Å²) in [5.74, 6) is 0.901. The van der Waals surface area contributed by atoms with E-state index < -0.39 is 24.7 Å². The molecule has 1 aliphatic heterocycles. The van der Waals surface area contributed by atoms with Crippen molar-refractivity contribution in [3.63, 3.8) is 0 Å². The van der Waals surface area contributed by atoms with Crippen molar-refractivity contribution in [3.8, 4) is 53.9 Å². The Balaban J connectivity index is 1.12. The molecule has 0 N–H and O–H groups in total. The lowest BCUT2D eigenvalue weighted by Gasteiger charge is -2.36. The van der Waals surface area contributed by atoms with Crippen LogP contribution in [0.3, 0.4) is 0 Å². The van der Waals surface area contributed by atoms with E-state index in [2.05, 4.69) is 213 Å².